The van der Waals surface area contributed by atoms with Crippen molar-refractivity contribution in [3.63, 3.8) is 0 Å². The van der Waals surface area contributed by atoms with Gasteiger partial charge in [0.2, 0.25) is 0 Å². The van der Waals surface area contributed by atoms with Crippen LogP contribution in [0.25, 0.3) is 0 Å². The molecule has 0 atom stereocenters. The first-order valence-electron chi connectivity index (χ1n) is 7.69. The summed E-state index contributed by atoms with van der Waals surface area (Å²) in [6.07, 6.45) is 11.8. The molecule has 0 saturated heterocycles. The second-order valence-corrected chi connectivity index (χ2v) is 5.09. The topological polar surface area (TPSA) is 9.23 Å². The van der Waals surface area contributed by atoms with Gasteiger partial charge in [-0.1, -0.05) is 44.4 Å². The molecule has 0 saturated carbocycles. The van der Waals surface area contributed by atoms with E-state index < -0.39 is 0 Å². The maximum absolute atomic E-state index is 5.74. The molecule has 0 aliphatic carbocycles. The van der Waals surface area contributed by atoms with Crippen molar-refractivity contribution in [1.29, 1.82) is 0 Å². The standard InChI is InChI=1S/C18H28O/c1-3-5-7-9-11-17-12-14-18(15-13-17)19-16-10-8-6-4-2/h3,12-15H,1,4-11,16H2,2H3. The summed E-state index contributed by atoms with van der Waals surface area (Å²) in [5.41, 5.74) is 1.40. The highest BCUT2D eigenvalue weighted by Crippen LogP contribution is 2.15. The molecule has 19 heavy (non-hydrogen) atoms. The highest BCUT2D eigenvalue weighted by molar-refractivity contribution is 5.27. The van der Waals surface area contributed by atoms with Gasteiger partial charge in [-0.15, -0.1) is 6.58 Å². The molecule has 0 aromatic heterocycles. The average molecular weight is 260 g/mol. The number of aryl methyl sites for hydroxylation is 1. The maximum atomic E-state index is 5.74. The van der Waals surface area contributed by atoms with Gasteiger partial charge in [0, 0.05) is 0 Å². The van der Waals surface area contributed by atoms with Gasteiger partial charge in [-0.2, -0.15) is 0 Å². The van der Waals surface area contributed by atoms with E-state index in [1.807, 2.05) is 6.08 Å². The Morgan fingerprint density at radius 1 is 1.00 bits per heavy atom. The number of hydrogen-bond acceptors (Lipinski definition) is 1. The lowest BCUT2D eigenvalue weighted by Crippen LogP contribution is -1.97. The molecule has 0 radical (unpaired) electrons. The Labute approximate surface area is 118 Å². The largest absolute Gasteiger partial charge is 0.494 e. The Hall–Kier alpha value is -1.24. The van der Waals surface area contributed by atoms with Gasteiger partial charge in [0.15, 0.2) is 0 Å². The fourth-order valence-electron chi connectivity index (χ4n) is 2.09. The molecule has 1 aromatic rings. The first kappa shape index (κ1) is 15.8. The normalized spacial score (nSPS) is 10.4. The van der Waals surface area contributed by atoms with Gasteiger partial charge in [0.05, 0.1) is 6.61 Å². The molecule has 1 aromatic carbocycles. The Morgan fingerprint density at radius 3 is 2.47 bits per heavy atom. The van der Waals surface area contributed by atoms with E-state index in [0.717, 1.165) is 31.6 Å². The van der Waals surface area contributed by atoms with Crippen molar-refractivity contribution in [2.24, 2.45) is 0 Å². The van der Waals surface area contributed by atoms with Crippen molar-refractivity contribution in [1.82, 2.24) is 0 Å². The SMILES string of the molecule is C=CCCCCc1ccc(OCCCCCC)cc1. The van der Waals surface area contributed by atoms with Gasteiger partial charge < -0.3 is 4.74 Å². The summed E-state index contributed by atoms with van der Waals surface area (Å²) in [6.45, 7) is 6.82. The molecule has 0 aliphatic rings. The summed E-state index contributed by atoms with van der Waals surface area (Å²) in [5.74, 6) is 1.01. The van der Waals surface area contributed by atoms with E-state index in [2.05, 4.69) is 37.8 Å². The summed E-state index contributed by atoms with van der Waals surface area (Å²) in [7, 11) is 0. The van der Waals surface area contributed by atoms with E-state index in [9.17, 15) is 0 Å². The van der Waals surface area contributed by atoms with E-state index in [4.69, 9.17) is 4.74 Å². The van der Waals surface area contributed by atoms with Crippen molar-refractivity contribution in [3.8, 4) is 5.75 Å². The monoisotopic (exact) mass is 260 g/mol. The van der Waals surface area contributed by atoms with Gasteiger partial charge in [-0.3, -0.25) is 0 Å². The highest BCUT2D eigenvalue weighted by atomic mass is 16.5. The summed E-state index contributed by atoms with van der Waals surface area (Å²) in [4.78, 5) is 0. The molecule has 0 aliphatic heterocycles. The molecule has 106 valence electrons. The Balaban J connectivity index is 2.17. The van der Waals surface area contributed by atoms with Gasteiger partial charge in [-0.05, 0) is 49.8 Å². The van der Waals surface area contributed by atoms with Crippen LogP contribution in [0.15, 0.2) is 36.9 Å². The Kier molecular flexibility index (Phi) is 8.87. The predicted molar refractivity (Wildman–Crippen MR) is 83.8 cm³/mol. The van der Waals surface area contributed by atoms with Crippen LogP contribution >= 0.6 is 0 Å². The molecule has 1 rings (SSSR count). The minimum atomic E-state index is 0.846. The zero-order valence-electron chi connectivity index (χ0n) is 12.4. The molecule has 0 heterocycles. The third kappa shape index (κ3) is 7.71. The molecule has 0 N–H and O–H groups in total. The van der Waals surface area contributed by atoms with Gasteiger partial charge in [0.1, 0.15) is 5.75 Å². The molecular formula is C18H28O. The van der Waals surface area contributed by atoms with Crippen LogP contribution in [-0.4, -0.2) is 6.61 Å². The third-order valence-corrected chi connectivity index (χ3v) is 3.31. The van der Waals surface area contributed by atoms with Crippen molar-refractivity contribution < 1.29 is 4.74 Å². The van der Waals surface area contributed by atoms with Gasteiger partial charge >= 0.3 is 0 Å². The smallest absolute Gasteiger partial charge is 0.119 e. The van der Waals surface area contributed by atoms with E-state index in [1.54, 1.807) is 0 Å². The fraction of sp³-hybridized carbons (Fsp3) is 0.556. The number of hydrogen-bond donors (Lipinski definition) is 0. The molecule has 0 unspecified atom stereocenters. The van der Waals surface area contributed by atoms with Crippen molar-refractivity contribution in [2.75, 3.05) is 6.61 Å². The fourth-order valence-corrected chi connectivity index (χ4v) is 2.09. The van der Waals surface area contributed by atoms with E-state index >= 15 is 0 Å². The summed E-state index contributed by atoms with van der Waals surface area (Å²) >= 11 is 0. The third-order valence-electron chi connectivity index (χ3n) is 3.31. The highest BCUT2D eigenvalue weighted by Gasteiger charge is 1.96. The van der Waals surface area contributed by atoms with E-state index in [-0.39, 0.29) is 0 Å². The zero-order valence-corrected chi connectivity index (χ0v) is 12.4. The molecule has 0 bridgehead atoms. The molecule has 1 heteroatoms. The Morgan fingerprint density at radius 2 is 1.79 bits per heavy atom. The van der Waals surface area contributed by atoms with Crippen molar-refractivity contribution in [3.05, 3.63) is 42.5 Å². The number of allylic oxidation sites excluding steroid dienone is 1. The van der Waals surface area contributed by atoms with E-state index in [1.165, 1.54) is 37.7 Å². The zero-order chi connectivity index (χ0) is 13.8. The predicted octanol–water partition coefficient (Wildman–Crippen LogP) is 5.54. The number of ether oxygens (including phenoxy) is 1. The quantitative estimate of drug-likeness (QED) is 0.374. The molecule has 0 fully saturated rings. The average Bonchev–Trinajstić information content (AvgIpc) is 2.45. The van der Waals surface area contributed by atoms with E-state index in [0.29, 0.717) is 0 Å². The molecule has 0 amide bonds. The summed E-state index contributed by atoms with van der Waals surface area (Å²) < 4.78 is 5.74. The lowest BCUT2D eigenvalue weighted by Gasteiger charge is -2.07. The van der Waals surface area contributed by atoms with Crippen LogP contribution in [0.2, 0.25) is 0 Å². The lowest BCUT2D eigenvalue weighted by molar-refractivity contribution is 0.305. The van der Waals surface area contributed by atoms with Crippen molar-refractivity contribution >= 4 is 0 Å². The van der Waals surface area contributed by atoms with Crippen LogP contribution in [0.3, 0.4) is 0 Å². The van der Waals surface area contributed by atoms with Crippen LogP contribution in [-0.2, 0) is 6.42 Å². The summed E-state index contributed by atoms with van der Waals surface area (Å²) in [6, 6.07) is 8.58. The van der Waals surface area contributed by atoms with Crippen LogP contribution in [0.5, 0.6) is 5.75 Å². The minimum absolute atomic E-state index is 0.846. The van der Waals surface area contributed by atoms with Crippen LogP contribution in [0, 0.1) is 0 Å². The van der Waals surface area contributed by atoms with Gasteiger partial charge in [0.25, 0.3) is 0 Å². The van der Waals surface area contributed by atoms with Crippen LogP contribution in [0.1, 0.15) is 57.4 Å². The van der Waals surface area contributed by atoms with Crippen LogP contribution in [0.4, 0.5) is 0 Å². The second kappa shape index (κ2) is 10.7. The first-order valence-corrected chi connectivity index (χ1v) is 7.69. The molecule has 0 spiro atoms. The van der Waals surface area contributed by atoms with Crippen molar-refractivity contribution in [2.45, 2.75) is 58.3 Å². The van der Waals surface area contributed by atoms with Gasteiger partial charge in [-0.25, -0.2) is 0 Å². The number of benzene rings is 1. The maximum Gasteiger partial charge on any atom is 0.119 e. The second-order valence-electron chi connectivity index (χ2n) is 5.09. The number of unbranched alkanes of at least 4 members (excludes halogenated alkanes) is 5. The molecule has 1 nitrogen and oxygen atoms in total. The minimum Gasteiger partial charge on any atom is -0.494 e. The number of rotatable bonds is 11. The van der Waals surface area contributed by atoms with Crippen LogP contribution < -0.4 is 4.74 Å². The Bertz CT molecular complexity index is 326. The summed E-state index contributed by atoms with van der Waals surface area (Å²) in [5, 5.41) is 0. The first-order chi connectivity index (χ1) is 9.36. The lowest BCUT2D eigenvalue weighted by atomic mass is 10.1. The molecular weight excluding hydrogens is 232 g/mol.